The van der Waals surface area contributed by atoms with E-state index in [-0.39, 0.29) is 12.2 Å². The Labute approximate surface area is 105 Å². The first-order valence-corrected chi connectivity index (χ1v) is 5.74. The molecule has 98 valence electrons. The molecule has 0 saturated heterocycles. The fraction of sp³-hybridized carbons (Fsp3) is 0.385. The van der Waals surface area contributed by atoms with E-state index in [4.69, 9.17) is 4.74 Å². The van der Waals surface area contributed by atoms with E-state index in [2.05, 4.69) is 0 Å². The van der Waals surface area contributed by atoms with Gasteiger partial charge in [-0.2, -0.15) is 0 Å². The lowest BCUT2D eigenvalue weighted by atomic mass is 9.96. The maximum atomic E-state index is 11.3. The summed E-state index contributed by atoms with van der Waals surface area (Å²) in [5.74, 6) is -2.72. The van der Waals surface area contributed by atoms with Crippen LogP contribution in [0, 0.1) is 0 Å². The predicted octanol–water partition coefficient (Wildman–Crippen LogP) is 2.16. The van der Waals surface area contributed by atoms with Crippen LogP contribution in [0.4, 0.5) is 0 Å². The number of benzene rings is 1. The molecule has 0 radical (unpaired) electrons. The van der Waals surface area contributed by atoms with E-state index in [1.807, 2.05) is 6.92 Å². The summed E-state index contributed by atoms with van der Waals surface area (Å²) in [5.41, 5.74) is -2.21. The Hall–Kier alpha value is -2.04. The number of para-hydroxylation sites is 1. The van der Waals surface area contributed by atoms with Gasteiger partial charge in [0.2, 0.25) is 0 Å². The number of hydrogen-bond donors (Lipinski definition) is 2. The Balaban J connectivity index is 3.02. The van der Waals surface area contributed by atoms with Crippen molar-refractivity contribution in [2.24, 2.45) is 0 Å². The normalized spacial score (nSPS) is 10.9. The fourth-order valence-corrected chi connectivity index (χ4v) is 1.56. The van der Waals surface area contributed by atoms with E-state index in [0.717, 1.165) is 0 Å². The molecule has 0 saturated carbocycles. The van der Waals surface area contributed by atoms with E-state index in [0.29, 0.717) is 12.8 Å². The molecule has 0 spiro atoms. The zero-order chi connectivity index (χ0) is 13.6. The average molecular weight is 252 g/mol. The van der Waals surface area contributed by atoms with Crippen LogP contribution < -0.4 is 4.74 Å². The van der Waals surface area contributed by atoms with Gasteiger partial charge in [0.1, 0.15) is 5.75 Å². The smallest absolute Gasteiger partial charge is 0.360 e. The summed E-state index contributed by atoms with van der Waals surface area (Å²) in [5, 5.41) is 18.4. The van der Waals surface area contributed by atoms with Crippen LogP contribution in [-0.4, -0.2) is 27.8 Å². The van der Waals surface area contributed by atoms with Crippen LogP contribution in [0.15, 0.2) is 30.3 Å². The van der Waals surface area contributed by atoms with Crippen LogP contribution in [0.5, 0.6) is 5.75 Å². The molecule has 0 fully saturated rings. The highest BCUT2D eigenvalue weighted by Gasteiger charge is 2.48. The second-order valence-electron chi connectivity index (χ2n) is 3.96. The van der Waals surface area contributed by atoms with Crippen molar-refractivity contribution in [2.45, 2.75) is 31.8 Å². The molecular weight excluding hydrogens is 236 g/mol. The van der Waals surface area contributed by atoms with Gasteiger partial charge in [0.25, 0.3) is 0 Å². The minimum atomic E-state index is -2.21. The summed E-state index contributed by atoms with van der Waals surface area (Å²) >= 11 is 0. The SMILES string of the molecule is CCCCC(Oc1ccccc1)(C(=O)O)C(=O)O. The van der Waals surface area contributed by atoms with Crippen LogP contribution in [0.1, 0.15) is 26.2 Å². The Morgan fingerprint density at radius 1 is 1.17 bits per heavy atom. The molecule has 0 unspecified atom stereocenters. The molecule has 5 heteroatoms. The quantitative estimate of drug-likeness (QED) is 0.726. The Morgan fingerprint density at radius 2 is 1.72 bits per heavy atom. The van der Waals surface area contributed by atoms with E-state index in [1.165, 1.54) is 12.1 Å². The number of carboxylic acids is 2. The third-order valence-electron chi connectivity index (χ3n) is 2.61. The van der Waals surface area contributed by atoms with Crippen molar-refractivity contribution in [3.05, 3.63) is 30.3 Å². The maximum Gasteiger partial charge on any atom is 0.360 e. The van der Waals surface area contributed by atoms with Gasteiger partial charge >= 0.3 is 17.5 Å². The van der Waals surface area contributed by atoms with E-state index >= 15 is 0 Å². The van der Waals surface area contributed by atoms with Gasteiger partial charge in [-0.3, -0.25) is 0 Å². The minimum Gasteiger partial charge on any atom is -0.478 e. The monoisotopic (exact) mass is 252 g/mol. The lowest BCUT2D eigenvalue weighted by molar-refractivity contribution is -0.173. The Morgan fingerprint density at radius 3 is 2.17 bits per heavy atom. The zero-order valence-electron chi connectivity index (χ0n) is 10.1. The summed E-state index contributed by atoms with van der Waals surface area (Å²) in [4.78, 5) is 22.5. The summed E-state index contributed by atoms with van der Waals surface area (Å²) in [6, 6.07) is 8.12. The van der Waals surface area contributed by atoms with Gasteiger partial charge in [0, 0.05) is 6.42 Å². The molecule has 0 bridgehead atoms. The molecule has 5 nitrogen and oxygen atoms in total. The topological polar surface area (TPSA) is 83.8 Å². The molecule has 1 aromatic rings. The summed E-state index contributed by atoms with van der Waals surface area (Å²) in [7, 11) is 0. The lowest BCUT2D eigenvalue weighted by Crippen LogP contribution is -2.51. The molecule has 1 rings (SSSR count). The molecule has 0 aromatic heterocycles. The van der Waals surface area contributed by atoms with Crippen molar-refractivity contribution < 1.29 is 24.5 Å². The highest BCUT2D eigenvalue weighted by Crippen LogP contribution is 2.24. The van der Waals surface area contributed by atoms with Crippen LogP contribution in [0.25, 0.3) is 0 Å². The first-order chi connectivity index (χ1) is 8.53. The number of carboxylic acid groups (broad SMARTS) is 2. The Kier molecular flexibility index (Phi) is 4.71. The zero-order valence-corrected chi connectivity index (χ0v) is 10.1. The van der Waals surface area contributed by atoms with Crippen LogP contribution in [-0.2, 0) is 9.59 Å². The largest absolute Gasteiger partial charge is 0.478 e. The van der Waals surface area contributed by atoms with Crippen molar-refractivity contribution in [1.82, 2.24) is 0 Å². The third-order valence-corrected chi connectivity index (χ3v) is 2.61. The molecule has 0 heterocycles. The van der Waals surface area contributed by atoms with E-state index in [1.54, 1.807) is 18.2 Å². The van der Waals surface area contributed by atoms with E-state index in [9.17, 15) is 19.8 Å². The standard InChI is InChI=1S/C13H16O5/c1-2-3-9-13(11(14)15,12(16)17)18-10-7-5-4-6-8-10/h4-8H,2-3,9H2,1H3,(H,14,15)(H,16,17). The molecule has 18 heavy (non-hydrogen) atoms. The number of aliphatic carboxylic acids is 2. The molecule has 0 aliphatic rings. The van der Waals surface area contributed by atoms with Crippen molar-refractivity contribution in [1.29, 1.82) is 0 Å². The minimum absolute atomic E-state index is 0.0664. The molecule has 1 aromatic carbocycles. The highest BCUT2D eigenvalue weighted by atomic mass is 16.6. The van der Waals surface area contributed by atoms with Crippen LogP contribution >= 0.6 is 0 Å². The first kappa shape index (κ1) is 14.0. The van der Waals surface area contributed by atoms with Crippen molar-refractivity contribution in [3.63, 3.8) is 0 Å². The molecular formula is C13H16O5. The average Bonchev–Trinajstić information content (AvgIpc) is 2.35. The van der Waals surface area contributed by atoms with Crippen molar-refractivity contribution in [2.75, 3.05) is 0 Å². The molecule has 0 amide bonds. The van der Waals surface area contributed by atoms with Crippen LogP contribution in [0.2, 0.25) is 0 Å². The second-order valence-corrected chi connectivity index (χ2v) is 3.96. The van der Waals surface area contributed by atoms with Gasteiger partial charge in [0.15, 0.2) is 0 Å². The summed E-state index contributed by atoms with van der Waals surface area (Å²) < 4.78 is 5.23. The number of hydrogen-bond acceptors (Lipinski definition) is 3. The first-order valence-electron chi connectivity index (χ1n) is 5.74. The van der Waals surface area contributed by atoms with Crippen molar-refractivity contribution >= 4 is 11.9 Å². The Bertz CT molecular complexity index is 399. The van der Waals surface area contributed by atoms with Crippen molar-refractivity contribution in [3.8, 4) is 5.75 Å². The maximum absolute atomic E-state index is 11.3. The van der Waals surface area contributed by atoms with Gasteiger partial charge < -0.3 is 14.9 Å². The van der Waals surface area contributed by atoms with Crippen LogP contribution in [0.3, 0.4) is 0 Å². The number of ether oxygens (including phenoxy) is 1. The second kappa shape index (κ2) is 6.05. The van der Waals surface area contributed by atoms with Gasteiger partial charge in [-0.25, -0.2) is 9.59 Å². The molecule has 0 aliphatic carbocycles. The van der Waals surface area contributed by atoms with Gasteiger partial charge in [0.05, 0.1) is 0 Å². The number of unbranched alkanes of at least 4 members (excludes halogenated alkanes) is 1. The number of carbonyl (C=O) groups is 2. The van der Waals surface area contributed by atoms with Gasteiger partial charge in [-0.15, -0.1) is 0 Å². The summed E-state index contributed by atoms with van der Waals surface area (Å²) in [6.45, 7) is 1.86. The van der Waals surface area contributed by atoms with Gasteiger partial charge in [-0.1, -0.05) is 31.5 Å². The summed E-state index contributed by atoms with van der Waals surface area (Å²) in [6.07, 6.45) is 1.09. The predicted molar refractivity (Wildman–Crippen MR) is 64.6 cm³/mol. The third kappa shape index (κ3) is 3.00. The molecule has 0 atom stereocenters. The molecule has 0 aliphatic heterocycles. The molecule has 2 N–H and O–H groups in total. The van der Waals surface area contributed by atoms with E-state index < -0.39 is 17.5 Å². The lowest BCUT2D eigenvalue weighted by Gasteiger charge is -2.26. The number of rotatable bonds is 7. The van der Waals surface area contributed by atoms with Gasteiger partial charge in [-0.05, 0) is 18.6 Å². The highest BCUT2D eigenvalue weighted by molar-refractivity contribution is 6.02. The fourth-order valence-electron chi connectivity index (χ4n) is 1.56.